The molecule has 5 nitrogen and oxygen atoms in total. The summed E-state index contributed by atoms with van der Waals surface area (Å²) in [6.07, 6.45) is 1.38. The third-order valence-electron chi connectivity index (χ3n) is 5.99. The molecule has 2 aromatic heterocycles. The Morgan fingerprint density at radius 1 is 1.00 bits per heavy atom. The number of likely N-dealkylation sites (N-methyl/N-ethyl adjacent to an activating group) is 1. The average molecular weight is 497 g/mol. The average Bonchev–Trinajstić information content (AvgIpc) is 3.31. The van der Waals surface area contributed by atoms with E-state index in [0.717, 1.165) is 41.8 Å². The number of benzene rings is 2. The van der Waals surface area contributed by atoms with E-state index in [4.69, 9.17) is 4.98 Å². The van der Waals surface area contributed by atoms with E-state index in [9.17, 15) is 13.6 Å². The molecule has 0 aliphatic heterocycles. The quantitative estimate of drug-likeness (QED) is 0.300. The second kappa shape index (κ2) is 11.7. The molecule has 4 aromatic rings. The van der Waals surface area contributed by atoms with Gasteiger partial charge in [0.1, 0.15) is 22.3 Å². The maximum absolute atomic E-state index is 14.3. The molecule has 4 rings (SSSR count). The number of thiophene rings is 1. The highest BCUT2D eigenvalue weighted by Gasteiger charge is 2.15. The van der Waals surface area contributed by atoms with Crippen molar-refractivity contribution in [2.24, 2.45) is 0 Å². The molecule has 2 aromatic carbocycles. The first kappa shape index (κ1) is 25.2. The molecule has 35 heavy (non-hydrogen) atoms. The number of hydrogen-bond donors (Lipinski definition) is 0. The number of aryl methyl sites for hydroxylation is 1. The van der Waals surface area contributed by atoms with E-state index in [2.05, 4.69) is 9.80 Å². The molecule has 0 bridgehead atoms. The Bertz CT molecular complexity index is 1320. The van der Waals surface area contributed by atoms with Gasteiger partial charge in [0, 0.05) is 37.7 Å². The summed E-state index contributed by atoms with van der Waals surface area (Å²) in [6, 6.07) is 15.5. The van der Waals surface area contributed by atoms with Gasteiger partial charge in [-0.15, -0.1) is 11.3 Å². The molecule has 184 valence electrons. The van der Waals surface area contributed by atoms with Gasteiger partial charge in [-0.1, -0.05) is 36.4 Å². The number of fused-ring (bicyclic) bond motifs is 1. The summed E-state index contributed by atoms with van der Waals surface area (Å²) < 4.78 is 29.4. The third kappa shape index (κ3) is 6.60. The Morgan fingerprint density at radius 3 is 2.54 bits per heavy atom. The van der Waals surface area contributed by atoms with E-state index < -0.39 is 11.6 Å². The third-order valence-corrected chi connectivity index (χ3v) is 6.80. The fourth-order valence-electron chi connectivity index (χ4n) is 4.07. The molecule has 0 amide bonds. The van der Waals surface area contributed by atoms with Gasteiger partial charge in [-0.3, -0.25) is 14.3 Å². The van der Waals surface area contributed by atoms with Gasteiger partial charge >= 0.3 is 0 Å². The van der Waals surface area contributed by atoms with Crippen LogP contribution in [0.15, 0.2) is 64.8 Å². The van der Waals surface area contributed by atoms with Crippen LogP contribution in [0.4, 0.5) is 8.78 Å². The number of rotatable bonds is 11. The van der Waals surface area contributed by atoms with Gasteiger partial charge in [0.25, 0.3) is 5.56 Å². The van der Waals surface area contributed by atoms with Crippen LogP contribution in [0, 0.1) is 11.6 Å². The van der Waals surface area contributed by atoms with Gasteiger partial charge in [0.2, 0.25) is 0 Å². The highest BCUT2D eigenvalue weighted by molar-refractivity contribution is 7.16. The van der Waals surface area contributed by atoms with Gasteiger partial charge in [-0.2, -0.15) is 0 Å². The van der Waals surface area contributed by atoms with Crippen LogP contribution in [-0.2, 0) is 19.5 Å². The Labute approximate surface area is 208 Å². The van der Waals surface area contributed by atoms with Crippen molar-refractivity contribution in [1.82, 2.24) is 19.4 Å². The van der Waals surface area contributed by atoms with Crippen molar-refractivity contribution in [3.8, 4) is 0 Å². The van der Waals surface area contributed by atoms with Crippen LogP contribution < -0.4 is 5.56 Å². The largest absolute Gasteiger partial charge is 0.308 e. The van der Waals surface area contributed by atoms with Crippen molar-refractivity contribution in [2.45, 2.75) is 25.9 Å². The lowest BCUT2D eigenvalue weighted by molar-refractivity contribution is 0.228. The Balaban J connectivity index is 1.52. The lowest BCUT2D eigenvalue weighted by Gasteiger charge is -2.24. The molecule has 0 saturated heterocycles. The summed E-state index contributed by atoms with van der Waals surface area (Å²) in [4.78, 5) is 23.1. The Morgan fingerprint density at radius 2 is 1.80 bits per heavy atom. The fourth-order valence-corrected chi connectivity index (χ4v) is 4.85. The molecule has 0 unspecified atom stereocenters. The van der Waals surface area contributed by atoms with Crippen LogP contribution in [-0.4, -0.2) is 53.1 Å². The summed E-state index contributed by atoms with van der Waals surface area (Å²) in [5.41, 5.74) is 1.50. The predicted octanol–water partition coefficient (Wildman–Crippen LogP) is 4.78. The zero-order valence-corrected chi connectivity index (χ0v) is 20.9. The van der Waals surface area contributed by atoms with E-state index >= 15 is 0 Å². The normalized spacial score (nSPS) is 11.7. The van der Waals surface area contributed by atoms with E-state index in [0.29, 0.717) is 37.0 Å². The standard InChI is InChI=1S/C27H30F2N4OS/c1-31(2)14-15-32(19-21-10-11-22(28)17-24(21)29)13-6-9-25-30-26-23(12-16-35-26)27(34)33(25)18-20-7-4-3-5-8-20/h3-5,7-8,10-12,16-17H,6,9,13-15,18-19H2,1-2H3. The molecular weight excluding hydrogens is 466 g/mol. The first-order valence-corrected chi connectivity index (χ1v) is 12.6. The summed E-state index contributed by atoms with van der Waals surface area (Å²) in [5.74, 6) is -0.340. The molecule has 0 N–H and O–H groups in total. The molecular formula is C27H30F2N4OS. The summed E-state index contributed by atoms with van der Waals surface area (Å²) in [7, 11) is 4.00. The monoisotopic (exact) mass is 496 g/mol. The van der Waals surface area contributed by atoms with Crippen LogP contribution in [0.25, 0.3) is 10.2 Å². The van der Waals surface area contributed by atoms with Crippen molar-refractivity contribution in [2.75, 3.05) is 33.7 Å². The second-order valence-corrected chi connectivity index (χ2v) is 9.86. The minimum atomic E-state index is -0.572. The lowest BCUT2D eigenvalue weighted by atomic mass is 10.1. The predicted molar refractivity (Wildman–Crippen MR) is 138 cm³/mol. The minimum absolute atomic E-state index is 0.0204. The zero-order valence-electron chi connectivity index (χ0n) is 20.1. The summed E-state index contributed by atoms with van der Waals surface area (Å²) >= 11 is 1.47. The van der Waals surface area contributed by atoms with Crippen molar-refractivity contribution in [3.63, 3.8) is 0 Å². The number of aromatic nitrogens is 2. The molecule has 0 aliphatic rings. The molecule has 0 spiro atoms. The fraction of sp³-hybridized carbons (Fsp3) is 0.333. The SMILES string of the molecule is CN(C)CCN(CCCc1nc2sccc2c(=O)n1Cc1ccccc1)Cc1ccc(F)cc1F. The van der Waals surface area contributed by atoms with Crippen LogP contribution >= 0.6 is 11.3 Å². The van der Waals surface area contributed by atoms with Gasteiger partial charge in [0.15, 0.2) is 0 Å². The second-order valence-electron chi connectivity index (χ2n) is 8.96. The van der Waals surface area contributed by atoms with Gasteiger partial charge in [0.05, 0.1) is 11.9 Å². The molecule has 2 heterocycles. The molecule has 0 fully saturated rings. The molecule has 0 atom stereocenters. The minimum Gasteiger partial charge on any atom is -0.308 e. The lowest BCUT2D eigenvalue weighted by Crippen LogP contribution is -2.33. The highest BCUT2D eigenvalue weighted by Crippen LogP contribution is 2.18. The van der Waals surface area contributed by atoms with Gasteiger partial charge < -0.3 is 4.90 Å². The topological polar surface area (TPSA) is 41.4 Å². The maximum atomic E-state index is 14.3. The van der Waals surface area contributed by atoms with E-state index in [-0.39, 0.29) is 5.56 Å². The van der Waals surface area contributed by atoms with Gasteiger partial charge in [-0.05, 0) is 50.1 Å². The number of hydrogen-bond acceptors (Lipinski definition) is 5. The number of nitrogens with zero attached hydrogens (tertiary/aromatic N) is 4. The first-order chi connectivity index (χ1) is 16.9. The Hall–Kier alpha value is -2.94. The van der Waals surface area contributed by atoms with Crippen LogP contribution in [0.2, 0.25) is 0 Å². The first-order valence-electron chi connectivity index (χ1n) is 11.7. The smallest absolute Gasteiger partial charge is 0.262 e. The van der Waals surface area contributed by atoms with Crippen molar-refractivity contribution in [1.29, 1.82) is 0 Å². The van der Waals surface area contributed by atoms with Crippen LogP contribution in [0.5, 0.6) is 0 Å². The van der Waals surface area contributed by atoms with E-state index in [1.165, 1.54) is 23.5 Å². The Kier molecular flexibility index (Phi) is 8.38. The van der Waals surface area contributed by atoms with Gasteiger partial charge in [-0.25, -0.2) is 13.8 Å². The van der Waals surface area contributed by atoms with Crippen LogP contribution in [0.1, 0.15) is 23.4 Å². The van der Waals surface area contributed by atoms with E-state index in [1.807, 2.05) is 55.9 Å². The van der Waals surface area contributed by atoms with Crippen molar-refractivity contribution < 1.29 is 8.78 Å². The summed E-state index contributed by atoms with van der Waals surface area (Å²) in [5, 5.41) is 2.55. The van der Waals surface area contributed by atoms with E-state index in [1.54, 1.807) is 4.57 Å². The van der Waals surface area contributed by atoms with Crippen molar-refractivity contribution in [3.05, 3.63) is 98.9 Å². The maximum Gasteiger partial charge on any atom is 0.262 e. The molecule has 0 saturated carbocycles. The molecule has 0 radical (unpaired) electrons. The zero-order chi connectivity index (χ0) is 24.8. The molecule has 0 aliphatic carbocycles. The highest BCUT2D eigenvalue weighted by atomic mass is 32.1. The van der Waals surface area contributed by atoms with Crippen LogP contribution in [0.3, 0.4) is 0 Å². The van der Waals surface area contributed by atoms with Crippen molar-refractivity contribution >= 4 is 21.6 Å². The molecule has 8 heteroatoms. The number of halogens is 2. The summed E-state index contributed by atoms with van der Waals surface area (Å²) in [6.45, 7) is 3.14.